The van der Waals surface area contributed by atoms with Crippen molar-refractivity contribution in [2.24, 2.45) is 5.41 Å². The van der Waals surface area contributed by atoms with Crippen LogP contribution >= 0.6 is 0 Å². The van der Waals surface area contributed by atoms with E-state index in [0.29, 0.717) is 19.4 Å². The van der Waals surface area contributed by atoms with Gasteiger partial charge in [-0.15, -0.1) is 0 Å². The maximum atomic E-state index is 11.7. The predicted molar refractivity (Wildman–Crippen MR) is 81.8 cm³/mol. The van der Waals surface area contributed by atoms with Crippen LogP contribution in [0.4, 0.5) is 4.79 Å². The van der Waals surface area contributed by atoms with Crippen molar-refractivity contribution in [2.45, 2.75) is 79.2 Å². The second-order valence-electron chi connectivity index (χ2n) is 7.16. The zero-order valence-electron chi connectivity index (χ0n) is 14.0. The first-order chi connectivity index (χ1) is 9.06. The molecule has 0 bridgehead atoms. The van der Waals surface area contributed by atoms with Gasteiger partial charge in [-0.25, -0.2) is 4.79 Å². The number of amides is 1. The fourth-order valence-electron chi connectivity index (χ4n) is 2.41. The molecule has 0 aromatic carbocycles. The number of carbonyl (C=O) groups excluding carboxylic acids is 2. The highest BCUT2D eigenvalue weighted by Gasteiger charge is 2.28. The summed E-state index contributed by atoms with van der Waals surface area (Å²) in [5, 5.41) is 2.74. The lowest BCUT2D eigenvalue weighted by Gasteiger charge is -2.32. The molecule has 20 heavy (non-hydrogen) atoms. The lowest BCUT2D eigenvalue weighted by molar-refractivity contribution is -0.118. The van der Waals surface area contributed by atoms with Gasteiger partial charge in [-0.1, -0.05) is 27.7 Å². The summed E-state index contributed by atoms with van der Waals surface area (Å²) < 4.78 is 5.45. The molecule has 0 saturated carbocycles. The van der Waals surface area contributed by atoms with Crippen LogP contribution in [0.5, 0.6) is 0 Å². The molecule has 0 radical (unpaired) electrons. The third-order valence-electron chi connectivity index (χ3n) is 2.87. The Morgan fingerprint density at radius 2 is 1.65 bits per heavy atom. The van der Waals surface area contributed by atoms with E-state index < -0.39 is 5.60 Å². The summed E-state index contributed by atoms with van der Waals surface area (Å²) in [7, 11) is 0. The van der Waals surface area contributed by atoms with Crippen LogP contribution in [0.1, 0.15) is 73.6 Å². The molecule has 0 aromatic heterocycles. The minimum atomic E-state index is -0.472. The monoisotopic (exact) mass is 285 g/mol. The number of hydrogen-bond donors (Lipinski definition) is 1. The van der Waals surface area contributed by atoms with Crippen LogP contribution in [0.3, 0.4) is 0 Å². The zero-order chi connectivity index (χ0) is 15.8. The Hall–Kier alpha value is -1.06. The Kier molecular flexibility index (Phi) is 7.84. The number of alkyl carbamates (subject to hydrolysis) is 1. The number of rotatable bonds is 8. The Balaban J connectivity index is 3.85. The van der Waals surface area contributed by atoms with E-state index in [1.807, 2.05) is 20.8 Å². The summed E-state index contributed by atoms with van der Waals surface area (Å²) in [6, 6.07) is 0. The van der Waals surface area contributed by atoms with Crippen LogP contribution < -0.4 is 5.32 Å². The van der Waals surface area contributed by atoms with Crippen molar-refractivity contribution < 1.29 is 14.3 Å². The zero-order valence-corrected chi connectivity index (χ0v) is 14.0. The SMILES string of the molecule is CCC(=O)CCCCNC(=O)OC(C)(C)CC(C)(C)C. The largest absolute Gasteiger partial charge is 0.444 e. The molecule has 0 unspecified atom stereocenters. The molecule has 0 atom stereocenters. The summed E-state index contributed by atoms with van der Waals surface area (Å²) >= 11 is 0. The summed E-state index contributed by atoms with van der Waals surface area (Å²) in [5.74, 6) is 0.277. The summed E-state index contributed by atoms with van der Waals surface area (Å²) in [6.07, 6.45) is 3.25. The van der Waals surface area contributed by atoms with Crippen LogP contribution in [-0.4, -0.2) is 24.0 Å². The number of ketones is 1. The Labute approximate surface area is 123 Å². The van der Waals surface area contributed by atoms with Gasteiger partial charge in [-0.05, 0) is 38.5 Å². The third kappa shape index (κ3) is 10.8. The van der Waals surface area contributed by atoms with E-state index in [1.165, 1.54) is 0 Å². The molecule has 4 heteroatoms. The van der Waals surface area contributed by atoms with Crippen molar-refractivity contribution in [3.8, 4) is 0 Å². The van der Waals surface area contributed by atoms with Gasteiger partial charge in [0.05, 0.1) is 0 Å². The predicted octanol–water partition coefficient (Wildman–Crippen LogP) is 4.08. The van der Waals surface area contributed by atoms with Gasteiger partial charge < -0.3 is 10.1 Å². The number of Topliss-reactive ketones (excluding diaryl/α,β-unsaturated/α-hetero) is 1. The standard InChI is InChI=1S/C16H31NO3/c1-7-13(18)10-8-9-11-17-14(19)20-16(5,6)12-15(2,3)4/h7-12H2,1-6H3,(H,17,19). The lowest BCUT2D eigenvalue weighted by Crippen LogP contribution is -2.37. The first-order valence-corrected chi connectivity index (χ1v) is 7.54. The van der Waals surface area contributed by atoms with E-state index in [-0.39, 0.29) is 17.3 Å². The molecule has 1 amide bonds. The van der Waals surface area contributed by atoms with E-state index in [9.17, 15) is 9.59 Å². The summed E-state index contributed by atoms with van der Waals surface area (Å²) in [5.41, 5.74) is -0.356. The van der Waals surface area contributed by atoms with Crippen LogP contribution in [-0.2, 0) is 9.53 Å². The van der Waals surface area contributed by atoms with Crippen molar-refractivity contribution in [2.75, 3.05) is 6.54 Å². The van der Waals surface area contributed by atoms with Gasteiger partial charge >= 0.3 is 6.09 Å². The highest BCUT2D eigenvalue weighted by atomic mass is 16.6. The topological polar surface area (TPSA) is 55.4 Å². The number of nitrogens with one attached hydrogen (secondary N) is 1. The van der Waals surface area contributed by atoms with Crippen molar-refractivity contribution in [1.29, 1.82) is 0 Å². The first kappa shape index (κ1) is 18.9. The molecule has 1 N–H and O–H groups in total. The van der Waals surface area contributed by atoms with Gasteiger partial charge in [0.1, 0.15) is 11.4 Å². The van der Waals surface area contributed by atoms with E-state index in [1.54, 1.807) is 0 Å². The molecule has 0 aromatic rings. The van der Waals surface area contributed by atoms with Crippen LogP contribution in [0.25, 0.3) is 0 Å². The summed E-state index contributed by atoms with van der Waals surface area (Å²) in [4.78, 5) is 22.8. The molecule has 0 aliphatic heterocycles. The molecule has 0 aliphatic rings. The molecule has 0 fully saturated rings. The van der Waals surface area contributed by atoms with E-state index >= 15 is 0 Å². The molecule has 118 valence electrons. The third-order valence-corrected chi connectivity index (χ3v) is 2.87. The van der Waals surface area contributed by atoms with Gasteiger partial charge in [0.15, 0.2) is 0 Å². The fourth-order valence-corrected chi connectivity index (χ4v) is 2.41. The van der Waals surface area contributed by atoms with Crippen molar-refractivity contribution in [3.63, 3.8) is 0 Å². The average Bonchev–Trinajstić information content (AvgIpc) is 2.23. The Bertz CT molecular complexity index is 316. The minimum Gasteiger partial charge on any atom is -0.444 e. The molecule has 0 aliphatic carbocycles. The van der Waals surface area contributed by atoms with Gasteiger partial charge in [0.2, 0.25) is 0 Å². The fraction of sp³-hybridized carbons (Fsp3) is 0.875. The average molecular weight is 285 g/mol. The molecule has 4 nitrogen and oxygen atoms in total. The molecule has 0 saturated heterocycles. The van der Waals surface area contributed by atoms with Gasteiger partial charge in [0.25, 0.3) is 0 Å². The maximum Gasteiger partial charge on any atom is 0.407 e. The van der Waals surface area contributed by atoms with E-state index in [4.69, 9.17) is 4.74 Å². The molecule has 0 spiro atoms. The number of ether oxygens (including phenoxy) is 1. The molecular formula is C16H31NO3. The van der Waals surface area contributed by atoms with Crippen molar-refractivity contribution in [1.82, 2.24) is 5.32 Å². The van der Waals surface area contributed by atoms with Gasteiger partial charge in [-0.3, -0.25) is 4.79 Å². The van der Waals surface area contributed by atoms with E-state index in [2.05, 4.69) is 26.1 Å². The van der Waals surface area contributed by atoms with Gasteiger partial charge in [-0.2, -0.15) is 0 Å². The number of carbonyl (C=O) groups is 2. The van der Waals surface area contributed by atoms with Crippen LogP contribution in [0.2, 0.25) is 0 Å². The second-order valence-corrected chi connectivity index (χ2v) is 7.16. The molecule has 0 heterocycles. The van der Waals surface area contributed by atoms with Crippen LogP contribution in [0.15, 0.2) is 0 Å². The maximum absolute atomic E-state index is 11.7. The minimum absolute atomic E-state index is 0.115. The molecular weight excluding hydrogens is 254 g/mol. The van der Waals surface area contributed by atoms with Crippen molar-refractivity contribution in [3.05, 3.63) is 0 Å². The van der Waals surface area contributed by atoms with Gasteiger partial charge in [0, 0.05) is 19.4 Å². The normalized spacial score (nSPS) is 12.1. The molecule has 0 rings (SSSR count). The van der Waals surface area contributed by atoms with Crippen molar-refractivity contribution >= 4 is 11.9 Å². The smallest absolute Gasteiger partial charge is 0.407 e. The Morgan fingerprint density at radius 3 is 2.15 bits per heavy atom. The number of unbranched alkanes of at least 4 members (excludes halogenated alkanes) is 1. The second kappa shape index (κ2) is 8.28. The highest BCUT2D eigenvalue weighted by molar-refractivity contribution is 5.77. The highest BCUT2D eigenvalue weighted by Crippen LogP contribution is 2.29. The number of hydrogen-bond acceptors (Lipinski definition) is 3. The first-order valence-electron chi connectivity index (χ1n) is 7.54. The van der Waals surface area contributed by atoms with E-state index in [0.717, 1.165) is 19.3 Å². The summed E-state index contributed by atoms with van der Waals surface area (Å²) in [6.45, 7) is 12.7. The lowest BCUT2D eigenvalue weighted by atomic mass is 9.84. The Morgan fingerprint density at radius 1 is 1.05 bits per heavy atom. The quantitative estimate of drug-likeness (QED) is 0.684. The van der Waals surface area contributed by atoms with Crippen LogP contribution in [0, 0.1) is 5.41 Å².